The van der Waals surface area contributed by atoms with Crippen LogP contribution in [0.2, 0.25) is 5.02 Å². The number of aromatic nitrogens is 1. The lowest BCUT2D eigenvalue weighted by Crippen LogP contribution is -2.42. The van der Waals surface area contributed by atoms with Crippen LogP contribution in [0.1, 0.15) is 36.3 Å². The first-order valence-corrected chi connectivity index (χ1v) is 10.9. The minimum absolute atomic E-state index is 0.101. The molecule has 1 aliphatic heterocycles. The van der Waals surface area contributed by atoms with Gasteiger partial charge in [0.25, 0.3) is 5.91 Å². The molecule has 1 fully saturated rings. The summed E-state index contributed by atoms with van der Waals surface area (Å²) in [7, 11) is 0. The Morgan fingerprint density at radius 1 is 1.11 bits per heavy atom. The zero-order chi connectivity index (χ0) is 19.8. The topological polar surface area (TPSA) is 36.1 Å². The molecule has 0 aliphatic carbocycles. The Labute approximate surface area is 175 Å². The standard InChI is InChI=1S/C23H25ClN2OS/c1-14-4-9-19-20(11-14)25-21(22(19)28-18-7-5-17(24)6-8-18)23(27)26-12-15(2)10-16(3)13-26/h4-9,11,15-16,25H,10,12-13H2,1-3H3/t15-,16+. The number of halogens is 1. The van der Waals surface area contributed by atoms with E-state index < -0.39 is 0 Å². The van der Waals surface area contributed by atoms with Crippen molar-refractivity contribution < 1.29 is 4.79 Å². The number of fused-ring (bicyclic) bond motifs is 1. The van der Waals surface area contributed by atoms with Gasteiger partial charge in [0.2, 0.25) is 0 Å². The van der Waals surface area contributed by atoms with Gasteiger partial charge >= 0.3 is 0 Å². The highest BCUT2D eigenvalue weighted by Crippen LogP contribution is 2.38. The molecular formula is C23H25ClN2OS. The molecule has 2 atom stereocenters. The van der Waals surface area contributed by atoms with E-state index in [9.17, 15) is 4.79 Å². The Morgan fingerprint density at radius 2 is 1.79 bits per heavy atom. The van der Waals surface area contributed by atoms with Crippen molar-refractivity contribution in [2.75, 3.05) is 13.1 Å². The fourth-order valence-corrected chi connectivity index (χ4v) is 5.31. The van der Waals surface area contributed by atoms with E-state index in [2.05, 4.69) is 44.0 Å². The number of carbonyl (C=O) groups is 1. The van der Waals surface area contributed by atoms with Crippen molar-refractivity contribution in [3.8, 4) is 0 Å². The Kier molecular flexibility index (Phi) is 5.44. The van der Waals surface area contributed by atoms with Gasteiger partial charge in [-0.25, -0.2) is 0 Å². The molecule has 28 heavy (non-hydrogen) atoms. The van der Waals surface area contributed by atoms with Crippen molar-refractivity contribution in [1.29, 1.82) is 0 Å². The number of nitrogens with zero attached hydrogens (tertiary/aromatic N) is 1. The molecule has 0 unspecified atom stereocenters. The van der Waals surface area contributed by atoms with Crippen LogP contribution in [0.3, 0.4) is 0 Å². The van der Waals surface area contributed by atoms with Crippen molar-refractivity contribution in [3.63, 3.8) is 0 Å². The van der Waals surface area contributed by atoms with Crippen LogP contribution in [-0.2, 0) is 0 Å². The van der Waals surface area contributed by atoms with Crippen LogP contribution in [0.15, 0.2) is 52.3 Å². The van der Waals surface area contributed by atoms with Crippen molar-refractivity contribution in [1.82, 2.24) is 9.88 Å². The Bertz CT molecular complexity index is 1000. The van der Waals surface area contributed by atoms with Gasteiger partial charge in [-0.2, -0.15) is 0 Å². The van der Waals surface area contributed by atoms with E-state index in [-0.39, 0.29) is 5.91 Å². The van der Waals surface area contributed by atoms with E-state index in [1.807, 2.05) is 29.2 Å². The van der Waals surface area contributed by atoms with E-state index in [1.54, 1.807) is 11.8 Å². The van der Waals surface area contributed by atoms with E-state index in [4.69, 9.17) is 11.6 Å². The van der Waals surface area contributed by atoms with E-state index in [1.165, 1.54) is 12.0 Å². The lowest BCUT2D eigenvalue weighted by molar-refractivity contribution is 0.0614. The molecule has 1 aromatic heterocycles. The number of carbonyl (C=O) groups excluding carboxylic acids is 1. The Morgan fingerprint density at radius 3 is 2.46 bits per heavy atom. The minimum atomic E-state index is 0.101. The van der Waals surface area contributed by atoms with Crippen molar-refractivity contribution in [3.05, 3.63) is 58.7 Å². The first-order valence-electron chi connectivity index (χ1n) is 9.75. The van der Waals surface area contributed by atoms with E-state index >= 15 is 0 Å². The van der Waals surface area contributed by atoms with Gasteiger partial charge in [-0.15, -0.1) is 0 Å². The summed E-state index contributed by atoms with van der Waals surface area (Å²) in [5, 5.41) is 1.80. The zero-order valence-electron chi connectivity index (χ0n) is 16.5. The highest BCUT2D eigenvalue weighted by molar-refractivity contribution is 7.99. The van der Waals surface area contributed by atoms with Crippen LogP contribution < -0.4 is 0 Å². The molecule has 4 rings (SSSR count). The lowest BCUT2D eigenvalue weighted by atomic mass is 9.92. The summed E-state index contributed by atoms with van der Waals surface area (Å²) < 4.78 is 0. The number of benzene rings is 2. The van der Waals surface area contributed by atoms with E-state index in [0.717, 1.165) is 33.8 Å². The van der Waals surface area contributed by atoms with Crippen LogP contribution in [-0.4, -0.2) is 28.9 Å². The molecule has 0 saturated carbocycles. The smallest absolute Gasteiger partial charge is 0.271 e. The largest absolute Gasteiger partial charge is 0.350 e. The lowest BCUT2D eigenvalue weighted by Gasteiger charge is -2.34. The molecule has 0 bridgehead atoms. The predicted molar refractivity (Wildman–Crippen MR) is 117 cm³/mol. The Hall–Kier alpha value is -1.91. The average molecular weight is 413 g/mol. The summed E-state index contributed by atoms with van der Waals surface area (Å²) >= 11 is 7.66. The summed E-state index contributed by atoms with van der Waals surface area (Å²) in [5.74, 6) is 1.17. The maximum absolute atomic E-state index is 13.5. The third-order valence-electron chi connectivity index (χ3n) is 5.31. The molecule has 3 aromatic rings. The quantitative estimate of drug-likeness (QED) is 0.540. The van der Waals surface area contributed by atoms with Crippen molar-refractivity contribution >= 4 is 40.2 Å². The number of nitrogens with one attached hydrogen (secondary N) is 1. The second-order valence-electron chi connectivity index (χ2n) is 8.09. The molecule has 146 valence electrons. The van der Waals surface area contributed by atoms with Crippen LogP contribution >= 0.6 is 23.4 Å². The molecular weight excluding hydrogens is 388 g/mol. The van der Waals surface area contributed by atoms with Crippen LogP contribution in [0.4, 0.5) is 0 Å². The molecule has 2 aromatic carbocycles. The fourth-order valence-electron chi connectivity index (χ4n) is 4.15. The number of aromatic amines is 1. The third kappa shape index (κ3) is 3.94. The number of H-pyrrole nitrogens is 1. The second kappa shape index (κ2) is 7.84. The molecule has 1 aliphatic rings. The molecule has 0 spiro atoms. The minimum Gasteiger partial charge on any atom is -0.350 e. The number of rotatable bonds is 3. The summed E-state index contributed by atoms with van der Waals surface area (Å²) in [6.07, 6.45) is 1.18. The number of hydrogen-bond donors (Lipinski definition) is 1. The summed E-state index contributed by atoms with van der Waals surface area (Å²) in [6, 6.07) is 14.1. The fraction of sp³-hybridized carbons (Fsp3) is 0.348. The van der Waals surface area contributed by atoms with Crippen LogP contribution in [0.5, 0.6) is 0 Å². The third-order valence-corrected chi connectivity index (χ3v) is 6.70. The van der Waals surface area contributed by atoms with Crippen molar-refractivity contribution in [2.45, 2.75) is 37.0 Å². The van der Waals surface area contributed by atoms with Crippen molar-refractivity contribution in [2.24, 2.45) is 11.8 Å². The maximum Gasteiger partial charge on any atom is 0.271 e. The van der Waals surface area contributed by atoms with Gasteiger partial charge in [-0.05, 0) is 61.1 Å². The van der Waals surface area contributed by atoms with Gasteiger partial charge in [0.05, 0.1) is 4.90 Å². The SMILES string of the molecule is Cc1ccc2c(Sc3ccc(Cl)cc3)c(C(=O)N3C[C@H](C)C[C@H](C)C3)[nH]c2c1. The van der Waals surface area contributed by atoms with Gasteiger partial charge in [0.15, 0.2) is 0 Å². The van der Waals surface area contributed by atoms with Gasteiger partial charge in [0.1, 0.15) is 5.69 Å². The molecule has 1 amide bonds. The first kappa shape index (κ1) is 19.4. The predicted octanol–water partition coefficient (Wildman–Crippen LogP) is 6.40. The molecule has 1 N–H and O–H groups in total. The Balaban J connectivity index is 1.76. The summed E-state index contributed by atoms with van der Waals surface area (Å²) in [6.45, 7) is 8.18. The van der Waals surface area contributed by atoms with E-state index in [0.29, 0.717) is 22.6 Å². The normalized spacial score (nSPS) is 19.9. The molecule has 2 heterocycles. The number of hydrogen-bond acceptors (Lipinski definition) is 2. The molecule has 1 saturated heterocycles. The van der Waals surface area contributed by atoms with Gasteiger partial charge < -0.3 is 9.88 Å². The molecule has 0 radical (unpaired) electrons. The molecule has 5 heteroatoms. The number of amides is 1. The van der Waals surface area contributed by atoms with Gasteiger partial charge in [-0.3, -0.25) is 4.79 Å². The van der Waals surface area contributed by atoms with Crippen LogP contribution in [0, 0.1) is 18.8 Å². The number of piperidine rings is 1. The first-order chi connectivity index (χ1) is 13.4. The zero-order valence-corrected chi connectivity index (χ0v) is 18.0. The van der Waals surface area contributed by atoms with Crippen LogP contribution in [0.25, 0.3) is 10.9 Å². The number of likely N-dealkylation sites (tertiary alicyclic amines) is 1. The highest BCUT2D eigenvalue weighted by Gasteiger charge is 2.29. The number of aryl methyl sites for hydroxylation is 1. The molecule has 3 nitrogen and oxygen atoms in total. The maximum atomic E-state index is 13.5. The summed E-state index contributed by atoms with van der Waals surface area (Å²) in [5.41, 5.74) is 2.88. The second-order valence-corrected chi connectivity index (χ2v) is 9.61. The average Bonchev–Trinajstić information content (AvgIpc) is 2.99. The van der Waals surface area contributed by atoms with Gasteiger partial charge in [-0.1, -0.05) is 49.3 Å². The highest BCUT2D eigenvalue weighted by atomic mass is 35.5. The van der Waals surface area contributed by atoms with Gasteiger partial charge in [0, 0.05) is 33.9 Å². The summed E-state index contributed by atoms with van der Waals surface area (Å²) in [4.78, 5) is 21.0. The monoisotopic (exact) mass is 412 g/mol.